The van der Waals surface area contributed by atoms with Crippen molar-refractivity contribution in [3.63, 3.8) is 0 Å². The summed E-state index contributed by atoms with van der Waals surface area (Å²) in [6, 6.07) is 3.52. The van der Waals surface area contributed by atoms with Crippen LogP contribution in [0.5, 0.6) is 5.88 Å². The van der Waals surface area contributed by atoms with Crippen molar-refractivity contribution in [3.8, 4) is 5.88 Å². The maximum atomic E-state index is 5.66. The minimum absolute atomic E-state index is 0.403. The highest BCUT2D eigenvalue weighted by atomic mass is 32.2. The van der Waals surface area contributed by atoms with Crippen molar-refractivity contribution in [1.82, 2.24) is 25.2 Å². The van der Waals surface area contributed by atoms with Crippen LogP contribution in [0.1, 0.15) is 0 Å². The zero-order chi connectivity index (χ0) is 11.5. The first-order valence-corrected chi connectivity index (χ1v) is 5.23. The highest BCUT2D eigenvalue weighted by Crippen LogP contribution is 2.27. The average Bonchev–Trinajstić information content (AvgIpc) is 2.67. The topological polar surface area (TPSA) is 91.7 Å². The Bertz CT molecular complexity index is 499. The zero-order valence-electron chi connectivity index (χ0n) is 8.78. The molecule has 0 amide bonds. The number of aromatic nitrogens is 5. The molecule has 0 radical (unpaired) electrons. The number of nitrogens with two attached hydrogens (primary N) is 1. The number of aryl methyl sites for hydroxylation is 1. The minimum atomic E-state index is 0.403. The number of nitrogen functional groups attached to an aromatic ring is 1. The molecule has 0 fully saturated rings. The van der Waals surface area contributed by atoms with Crippen molar-refractivity contribution in [3.05, 3.63) is 12.1 Å². The first-order chi connectivity index (χ1) is 7.70. The van der Waals surface area contributed by atoms with E-state index in [9.17, 15) is 0 Å². The molecule has 0 aromatic carbocycles. The molecule has 0 bridgehead atoms. The molecule has 0 saturated heterocycles. The number of anilines is 1. The van der Waals surface area contributed by atoms with Crippen LogP contribution < -0.4 is 10.5 Å². The van der Waals surface area contributed by atoms with Crippen LogP contribution in [0.3, 0.4) is 0 Å². The summed E-state index contributed by atoms with van der Waals surface area (Å²) in [5.74, 6) is 0.403. The summed E-state index contributed by atoms with van der Waals surface area (Å²) < 4.78 is 6.59. The van der Waals surface area contributed by atoms with Gasteiger partial charge in [-0.15, -0.1) is 5.10 Å². The van der Waals surface area contributed by atoms with Gasteiger partial charge in [0.2, 0.25) is 11.0 Å². The third-order valence-electron chi connectivity index (χ3n) is 1.83. The maximum absolute atomic E-state index is 5.66. The second-order valence-corrected chi connectivity index (χ2v) is 3.92. The van der Waals surface area contributed by atoms with Crippen LogP contribution in [0.25, 0.3) is 0 Å². The van der Waals surface area contributed by atoms with Crippen molar-refractivity contribution in [2.75, 3.05) is 12.8 Å². The normalized spacial score (nSPS) is 10.4. The largest absolute Gasteiger partial charge is 0.480 e. The Balaban J connectivity index is 2.25. The van der Waals surface area contributed by atoms with Crippen LogP contribution in [-0.4, -0.2) is 32.3 Å². The number of ether oxygens (including phenoxy) is 1. The minimum Gasteiger partial charge on any atom is -0.480 e. The van der Waals surface area contributed by atoms with Crippen molar-refractivity contribution in [2.45, 2.75) is 10.2 Å². The first-order valence-electron chi connectivity index (χ1n) is 4.41. The van der Waals surface area contributed by atoms with Crippen molar-refractivity contribution >= 4 is 17.4 Å². The molecular formula is C8H10N6OS. The first kappa shape index (κ1) is 10.7. The lowest BCUT2D eigenvalue weighted by Gasteiger charge is -2.04. The van der Waals surface area contributed by atoms with E-state index in [1.165, 1.54) is 18.9 Å². The van der Waals surface area contributed by atoms with Gasteiger partial charge in [0.15, 0.2) is 0 Å². The number of hydrogen-bond acceptors (Lipinski definition) is 7. The van der Waals surface area contributed by atoms with E-state index in [0.717, 1.165) is 5.03 Å². The maximum Gasteiger partial charge on any atom is 0.237 e. The number of tetrazole rings is 1. The second kappa shape index (κ2) is 4.35. The molecule has 2 heterocycles. The smallest absolute Gasteiger partial charge is 0.237 e. The van der Waals surface area contributed by atoms with Gasteiger partial charge >= 0.3 is 0 Å². The summed E-state index contributed by atoms with van der Waals surface area (Å²) in [5, 5.41) is 12.5. The van der Waals surface area contributed by atoms with Crippen molar-refractivity contribution < 1.29 is 4.74 Å². The molecule has 0 saturated carbocycles. The molecule has 8 heteroatoms. The third kappa shape index (κ3) is 2.06. The van der Waals surface area contributed by atoms with E-state index in [0.29, 0.717) is 16.7 Å². The Hall–Kier alpha value is -1.83. The molecule has 7 nitrogen and oxygen atoms in total. The number of nitrogens with zero attached hydrogens (tertiary/aromatic N) is 5. The SMILES string of the molecule is COc1nc(Sc2nnnn2C)ccc1N. The molecule has 0 aliphatic heterocycles. The van der Waals surface area contributed by atoms with E-state index < -0.39 is 0 Å². The van der Waals surface area contributed by atoms with Crippen LogP contribution >= 0.6 is 11.8 Å². The lowest BCUT2D eigenvalue weighted by atomic mass is 10.4. The van der Waals surface area contributed by atoms with Gasteiger partial charge in [0, 0.05) is 7.05 Å². The van der Waals surface area contributed by atoms with Gasteiger partial charge in [-0.3, -0.25) is 0 Å². The molecule has 16 heavy (non-hydrogen) atoms. The van der Waals surface area contributed by atoms with Gasteiger partial charge in [-0.1, -0.05) is 0 Å². The van der Waals surface area contributed by atoms with Gasteiger partial charge < -0.3 is 10.5 Å². The van der Waals surface area contributed by atoms with Gasteiger partial charge in [-0.25, -0.2) is 9.67 Å². The van der Waals surface area contributed by atoms with Crippen LogP contribution in [0.2, 0.25) is 0 Å². The Labute approximate surface area is 96.0 Å². The monoisotopic (exact) mass is 238 g/mol. The number of pyridine rings is 1. The number of rotatable bonds is 3. The van der Waals surface area contributed by atoms with Gasteiger partial charge in [0.25, 0.3) is 0 Å². The zero-order valence-corrected chi connectivity index (χ0v) is 9.60. The molecule has 2 aromatic rings. The fourth-order valence-corrected chi connectivity index (χ4v) is 1.75. The Morgan fingerprint density at radius 2 is 2.25 bits per heavy atom. The lowest BCUT2D eigenvalue weighted by Crippen LogP contribution is -1.97. The van der Waals surface area contributed by atoms with E-state index >= 15 is 0 Å². The molecule has 2 rings (SSSR count). The standard InChI is InChI=1S/C8H10N6OS/c1-14-8(11-12-13-14)16-6-4-3-5(9)7(10-6)15-2/h3-4H,9H2,1-2H3. The van der Waals surface area contributed by atoms with E-state index in [1.54, 1.807) is 23.9 Å². The summed E-state index contributed by atoms with van der Waals surface area (Å²) in [5.41, 5.74) is 6.16. The fraction of sp³-hybridized carbons (Fsp3) is 0.250. The number of hydrogen-bond donors (Lipinski definition) is 1. The predicted octanol–water partition coefficient (Wildman–Crippen LogP) is 0.347. The van der Waals surface area contributed by atoms with E-state index in [-0.39, 0.29) is 0 Å². The molecule has 0 atom stereocenters. The quantitative estimate of drug-likeness (QED) is 0.824. The molecule has 2 aromatic heterocycles. The Kier molecular flexibility index (Phi) is 2.91. The Morgan fingerprint density at radius 3 is 2.88 bits per heavy atom. The van der Waals surface area contributed by atoms with E-state index in [2.05, 4.69) is 20.5 Å². The molecule has 2 N–H and O–H groups in total. The molecule has 0 spiro atoms. The fourth-order valence-electron chi connectivity index (χ4n) is 1.06. The van der Waals surface area contributed by atoms with Crippen LogP contribution in [0.15, 0.2) is 22.3 Å². The lowest BCUT2D eigenvalue weighted by molar-refractivity contribution is 0.397. The van der Waals surface area contributed by atoms with E-state index in [1.807, 2.05) is 0 Å². The summed E-state index contributed by atoms with van der Waals surface area (Å²) in [7, 11) is 3.29. The summed E-state index contributed by atoms with van der Waals surface area (Å²) in [6.07, 6.45) is 0. The summed E-state index contributed by atoms with van der Waals surface area (Å²) >= 11 is 1.34. The average molecular weight is 238 g/mol. The van der Waals surface area contributed by atoms with Gasteiger partial charge in [-0.05, 0) is 34.3 Å². The van der Waals surface area contributed by atoms with Crippen LogP contribution in [0.4, 0.5) is 5.69 Å². The van der Waals surface area contributed by atoms with Gasteiger partial charge in [0.1, 0.15) is 5.03 Å². The van der Waals surface area contributed by atoms with Crippen LogP contribution in [-0.2, 0) is 7.05 Å². The van der Waals surface area contributed by atoms with Crippen molar-refractivity contribution in [1.29, 1.82) is 0 Å². The molecular weight excluding hydrogens is 228 g/mol. The predicted molar refractivity (Wildman–Crippen MR) is 58.1 cm³/mol. The van der Waals surface area contributed by atoms with E-state index in [4.69, 9.17) is 10.5 Å². The second-order valence-electron chi connectivity index (χ2n) is 2.94. The molecule has 84 valence electrons. The number of methoxy groups -OCH3 is 1. The highest BCUT2D eigenvalue weighted by molar-refractivity contribution is 7.99. The summed E-state index contributed by atoms with van der Waals surface area (Å²) in [6.45, 7) is 0. The summed E-state index contributed by atoms with van der Waals surface area (Å²) in [4.78, 5) is 4.21. The molecule has 0 aliphatic rings. The third-order valence-corrected chi connectivity index (χ3v) is 2.80. The van der Waals surface area contributed by atoms with Crippen molar-refractivity contribution in [2.24, 2.45) is 7.05 Å². The van der Waals surface area contributed by atoms with Gasteiger partial charge in [-0.2, -0.15) is 0 Å². The Morgan fingerprint density at radius 1 is 1.44 bits per heavy atom. The molecule has 0 unspecified atom stereocenters. The highest BCUT2D eigenvalue weighted by Gasteiger charge is 2.08. The molecule has 0 aliphatic carbocycles. The van der Waals surface area contributed by atoms with Crippen LogP contribution in [0, 0.1) is 0 Å². The van der Waals surface area contributed by atoms with Gasteiger partial charge in [0.05, 0.1) is 12.8 Å².